The number of carbonyl (C=O) groups excluding carboxylic acids is 3. The second-order valence-corrected chi connectivity index (χ2v) is 17.0. The maximum atomic E-state index is 15.0. The number of alkyl halides is 6. The Bertz CT molecular complexity index is 3780. The zero-order valence-corrected chi connectivity index (χ0v) is 39.6. The van der Waals surface area contributed by atoms with Crippen LogP contribution in [0.1, 0.15) is 47.8 Å². The molecule has 6 aromatic carbocycles. The van der Waals surface area contributed by atoms with Gasteiger partial charge in [-0.2, -0.15) is 36.5 Å². The first-order valence-corrected chi connectivity index (χ1v) is 22.6. The molecule has 10 rings (SSSR count). The van der Waals surface area contributed by atoms with Gasteiger partial charge >= 0.3 is 12.4 Å². The molecule has 0 saturated carbocycles. The van der Waals surface area contributed by atoms with Crippen LogP contribution in [0, 0.1) is 11.6 Å². The predicted octanol–water partition coefficient (Wildman–Crippen LogP) is 11.7. The number of aromatic nitrogens is 8. The van der Waals surface area contributed by atoms with E-state index in [0.717, 1.165) is 17.7 Å². The highest BCUT2D eigenvalue weighted by Gasteiger charge is 2.38. The van der Waals surface area contributed by atoms with Crippen molar-refractivity contribution < 1.29 is 49.5 Å². The van der Waals surface area contributed by atoms with Gasteiger partial charge in [0, 0.05) is 58.8 Å². The summed E-state index contributed by atoms with van der Waals surface area (Å²) in [5, 5.41) is 15.4. The average molecular weight is 1040 g/mol. The van der Waals surface area contributed by atoms with E-state index in [1.54, 1.807) is 66.7 Å². The highest BCUT2D eigenvalue weighted by Crippen LogP contribution is 2.40. The molecule has 2 N–H and O–H groups in total. The van der Waals surface area contributed by atoms with Crippen LogP contribution in [0.2, 0.25) is 0 Å². The number of amides is 2. The van der Waals surface area contributed by atoms with E-state index in [1.165, 1.54) is 58.4 Å². The molecule has 0 bridgehead atoms. The van der Waals surface area contributed by atoms with Gasteiger partial charge in [-0.15, -0.1) is 0 Å². The average Bonchev–Trinajstić information content (AvgIpc) is 3.96. The molecule has 22 heteroatoms. The number of fused-ring (bicyclic) bond motifs is 2. The normalized spacial score (nSPS) is 11.6. The molecule has 0 aliphatic carbocycles. The van der Waals surface area contributed by atoms with Gasteiger partial charge < -0.3 is 15.5 Å². The lowest BCUT2D eigenvalue weighted by Gasteiger charge is -2.15. The molecular weight excluding hydrogens is 1000 g/mol. The van der Waals surface area contributed by atoms with Gasteiger partial charge in [0.1, 0.15) is 29.6 Å². The lowest BCUT2D eigenvalue weighted by atomic mass is 10.0. The molecule has 0 unspecified atom stereocenters. The van der Waals surface area contributed by atoms with Gasteiger partial charge in [-0.25, -0.2) is 38.1 Å². The maximum Gasteiger partial charge on any atom is 0.417 e. The Balaban J connectivity index is 0.000000186. The number of hydrogen-bond donors (Lipinski definition) is 2. The van der Waals surface area contributed by atoms with E-state index in [4.69, 9.17) is 0 Å². The number of rotatable bonds is 11. The van der Waals surface area contributed by atoms with Crippen molar-refractivity contribution in [3.8, 4) is 34.2 Å². The molecule has 4 heterocycles. The summed E-state index contributed by atoms with van der Waals surface area (Å²) >= 11 is 0. The van der Waals surface area contributed by atoms with Gasteiger partial charge in [0.15, 0.2) is 11.6 Å². The van der Waals surface area contributed by atoms with E-state index < -0.39 is 69.2 Å². The summed E-state index contributed by atoms with van der Waals surface area (Å²) in [5.74, 6) is -4.88. The third-order valence-corrected chi connectivity index (χ3v) is 11.5. The van der Waals surface area contributed by atoms with Gasteiger partial charge in [-0.05, 0) is 105 Å². The summed E-state index contributed by atoms with van der Waals surface area (Å²) in [7, 11) is 3.87. The molecule has 0 aliphatic rings. The van der Waals surface area contributed by atoms with Crippen LogP contribution in [-0.2, 0) is 18.9 Å². The third kappa shape index (κ3) is 10.9. The second-order valence-electron chi connectivity index (χ2n) is 17.0. The summed E-state index contributed by atoms with van der Waals surface area (Å²) in [5.41, 5.74) is -1.41. The van der Waals surface area contributed by atoms with Crippen molar-refractivity contribution in [2.75, 3.05) is 24.7 Å². The van der Waals surface area contributed by atoms with E-state index in [0.29, 0.717) is 57.6 Å². The maximum absolute atomic E-state index is 15.0. The lowest BCUT2D eigenvalue weighted by Crippen LogP contribution is -2.18. The van der Waals surface area contributed by atoms with Gasteiger partial charge in [0.25, 0.3) is 11.8 Å². The van der Waals surface area contributed by atoms with Gasteiger partial charge in [0.2, 0.25) is 0 Å². The van der Waals surface area contributed by atoms with Crippen molar-refractivity contribution >= 4 is 51.5 Å². The number of aldehydes is 1. The van der Waals surface area contributed by atoms with Crippen molar-refractivity contribution in [1.29, 1.82) is 0 Å². The molecule has 76 heavy (non-hydrogen) atoms. The summed E-state index contributed by atoms with van der Waals surface area (Å²) in [6.45, 7) is 0.664. The Morgan fingerprint density at radius 2 is 0.974 bits per heavy atom. The van der Waals surface area contributed by atoms with Crippen LogP contribution in [0.4, 0.5) is 46.8 Å². The zero-order chi connectivity index (χ0) is 53.9. The molecular formula is C54H37F8N11O3. The highest BCUT2D eigenvalue weighted by molar-refractivity contribution is 6.10. The van der Waals surface area contributed by atoms with Crippen LogP contribution in [0.3, 0.4) is 0 Å². The van der Waals surface area contributed by atoms with Gasteiger partial charge in [0.05, 0.1) is 44.7 Å². The molecule has 4 aromatic heterocycles. The number of nitrogens with zero attached hydrogens (tertiary/aromatic N) is 9. The van der Waals surface area contributed by atoms with Crippen LogP contribution in [-0.4, -0.2) is 76.6 Å². The summed E-state index contributed by atoms with van der Waals surface area (Å²) in [6, 6.07) is 32.8. The van der Waals surface area contributed by atoms with Crippen LogP contribution in [0.15, 0.2) is 158 Å². The number of hydrogen-bond acceptors (Lipinski definition) is 10. The molecule has 0 fully saturated rings. The topological polar surface area (TPSA) is 166 Å². The lowest BCUT2D eigenvalue weighted by molar-refractivity contribution is -0.138. The predicted molar refractivity (Wildman–Crippen MR) is 266 cm³/mol. The molecule has 2 amide bonds. The van der Waals surface area contributed by atoms with Gasteiger partial charge in [-0.3, -0.25) is 14.4 Å². The largest absolute Gasteiger partial charge is 0.417 e. The second kappa shape index (κ2) is 21.1. The SMILES string of the molecule is CN(C)Cc1ccc2c(NC(=O)c3cc(-c4ncccn4)c(C(F)(F)F)cc3F)n(-c3ccccc3)nc2c1.O=Cc1ccc2c(NC(=O)c3cc(-c4ncccn4)c(C(F)(F)F)cc3F)n(-c3ccccc3)nc2c1. The quantitative estimate of drug-likeness (QED) is 0.0940. The summed E-state index contributed by atoms with van der Waals surface area (Å²) in [4.78, 5) is 55.3. The minimum absolute atomic E-state index is 0.139. The fourth-order valence-electron chi connectivity index (χ4n) is 8.08. The molecule has 0 radical (unpaired) electrons. The zero-order valence-electron chi connectivity index (χ0n) is 39.6. The Hall–Kier alpha value is -9.57. The number of anilines is 2. The van der Waals surface area contributed by atoms with Crippen LogP contribution < -0.4 is 10.6 Å². The van der Waals surface area contributed by atoms with Crippen molar-refractivity contribution in [2.24, 2.45) is 0 Å². The molecule has 14 nitrogen and oxygen atoms in total. The first-order valence-electron chi connectivity index (χ1n) is 22.6. The molecule has 0 aliphatic heterocycles. The summed E-state index contributed by atoms with van der Waals surface area (Å²) < 4.78 is 115. The third-order valence-electron chi connectivity index (χ3n) is 11.5. The smallest absolute Gasteiger partial charge is 0.306 e. The number of benzene rings is 6. The van der Waals surface area contributed by atoms with E-state index in [2.05, 4.69) is 40.8 Å². The van der Waals surface area contributed by atoms with Crippen LogP contribution >= 0.6 is 0 Å². The standard InChI is InChI=1S/C28H22F4N6O.C26H15F4N5O2/c1-37(2)16-17-9-10-19-24(13-17)36-38(18-7-4-3-5-8-18)26(19)35-27(39)21-14-20(25-33-11-6-12-34-25)22(15-23(21)29)28(30,31)32;27-21-13-20(26(28,29)30)18(23-31-9-4-10-32-23)12-19(21)25(37)33-24-17-8-7-15(14-36)11-22(17)34-35(24)16-5-2-1-3-6-16/h3-15H,16H2,1-2H3,(H,35,39);1-14H,(H,33,37). The van der Waals surface area contributed by atoms with Crippen molar-refractivity contribution in [2.45, 2.75) is 18.9 Å². The summed E-state index contributed by atoms with van der Waals surface area (Å²) in [6.07, 6.45) is -4.15. The van der Waals surface area contributed by atoms with E-state index in [1.807, 2.05) is 37.2 Å². The monoisotopic (exact) mass is 1040 g/mol. The van der Waals surface area contributed by atoms with E-state index in [9.17, 15) is 45.1 Å². The van der Waals surface area contributed by atoms with Crippen LogP contribution in [0.5, 0.6) is 0 Å². The first-order chi connectivity index (χ1) is 36.4. The number of nitrogens with one attached hydrogen (secondary N) is 2. The molecule has 0 spiro atoms. The number of carbonyl (C=O) groups is 3. The van der Waals surface area contributed by atoms with Crippen molar-refractivity contribution in [3.63, 3.8) is 0 Å². The number of para-hydroxylation sites is 2. The minimum atomic E-state index is -4.91. The van der Waals surface area contributed by atoms with E-state index in [-0.39, 0.29) is 29.4 Å². The Labute approximate surface area is 425 Å². The fourth-order valence-corrected chi connectivity index (χ4v) is 8.08. The molecule has 0 atom stereocenters. The molecule has 10 aromatic rings. The minimum Gasteiger partial charge on any atom is -0.306 e. The van der Waals surface area contributed by atoms with E-state index >= 15 is 4.39 Å². The van der Waals surface area contributed by atoms with Crippen LogP contribution in [0.25, 0.3) is 56.0 Å². The Morgan fingerprint density at radius 1 is 0.553 bits per heavy atom. The molecule has 0 saturated heterocycles. The Morgan fingerprint density at radius 3 is 1.38 bits per heavy atom. The molecule has 382 valence electrons. The van der Waals surface area contributed by atoms with Crippen molar-refractivity contribution in [3.05, 3.63) is 203 Å². The Kier molecular flexibility index (Phi) is 14.3. The fraction of sp³-hybridized carbons (Fsp3) is 0.0926. The highest BCUT2D eigenvalue weighted by atomic mass is 19.4. The number of halogens is 8. The van der Waals surface area contributed by atoms with Crippen molar-refractivity contribution in [1.82, 2.24) is 44.4 Å². The van der Waals surface area contributed by atoms with Gasteiger partial charge in [-0.1, -0.05) is 48.5 Å². The first kappa shape index (κ1) is 51.3.